The van der Waals surface area contributed by atoms with E-state index in [1.807, 2.05) is 121 Å². The van der Waals surface area contributed by atoms with Crippen LogP contribution in [0.4, 0.5) is 0 Å². The molecule has 181 valence electrons. The first kappa shape index (κ1) is 25.8. The number of pyridine rings is 3. The van der Waals surface area contributed by atoms with Gasteiger partial charge in [-0.1, -0.05) is 53.6 Å². The molecule has 3 heterocycles. The Morgan fingerprint density at radius 3 is 1.38 bits per heavy atom. The van der Waals surface area contributed by atoms with Gasteiger partial charge < -0.3 is 9.97 Å². The molecule has 4 heteroatoms. The summed E-state index contributed by atoms with van der Waals surface area (Å²) in [4.78, 5) is 13.4. The van der Waals surface area contributed by atoms with Gasteiger partial charge in [-0.15, -0.1) is 96.1 Å². The molecular weight excluding hydrogens is 631 g/mol. The Bertz CT molecular complexity index is 1390. The molecule has 0 unspecified atom stereocenters. The fourth-order valence-electron chi connectivity index (χ4n) is 3.65. The van der Waals surface area contributed by atoms with Crippen molar-refractivity contribution in [3.8, 4) is 45.0 Å². The van der Waals surface area contributed by atoms with Crippen LogP contribution in [0.5, 0.6) is 0 Å². The van der Waals surface area contributed by atoms with E-state index in [-0.39, 0.29) is 20.1 Å². The molecule has 0 aliphatic heterocycles. The average molecular weight is 653 g/mol. The van der Waals surface area contributed by atoms with Gasteiger partial charge in [-0.25, -0.2) is 0 Å². The van der Waals surface area contributed by atoms with Crippen molar-refractivity contribution in [2.45, 2.75) is 0 Å². The normalized spacial score (nSPS) is 9.95. The molecule has 6 rings (SSSR count). The molecule has 0 amide bonds. The van der Waals surface area contributed by atoms with E-state index in [2.05, 4.69) is 28.2 Å². The zero-order valence-electron chi connectivity index (χ0n) is 19.9. The van der Waals surface area contributed by atoms with E-state index < -0.39 is 0 Å². The van der Waals surface area contributed by atoms with Crippen molar-refractivity contribution in [2.75, 3.05) is 0 Å². The second-order valence-corrected chi connectivity index (χ2v) is 7.87. The number of benzene rings is 3. The van der Waals surface area contributed by atoms with E-state index >= 15 is 0 Å². The van der Waals surface area contributed by atoms with E-state index in [9.17, 15) is 0 Å². The number of rotatable bonds is 4. The number of aromatic nitrogens is 3. The Hall–Kier alpha value is -4.24. The van der Waals surface area contributed by atoms with Crippen LogP contribution in [0.25, 0.3) is 45.0 Å². The van der Waals surface area contributed by atoms with Gasteiger partial charge in [-0.2, -0.15) is 0 Å². The molecule has 0 fully saturated rings. The molecule has 0 spiro atoms. The molecule has 0 saturated heterocycles. The summed E-state index contributed by atoms with van der Waals surface area (Å²) in [5.41, 5.74) is 7.62. The third-order valence-corrected chi connectivity index (χ3v) is 5.40. The molecule has 0 N–H and O–H groups in total. The van der Waals surface area contributed by atoms with Crippen molar-refractivity contribution >= 4 is 0 Å². The molecule has 3 aromatic heterocycles. The molecule has 0 aliphatic rings. The summed E-state index contributed by atoms with van der Waals surface area (Å²) in [5, 5.41) is 0. The van der Waals surface area contributed by atoms with Crippen LogP contribution in [0.15, 0.2) is 134 Å². The van der Waals surface area contributed by atoms with Crippen molar-refractivity contribution in [1.82, 2.24) is 15.0 Å². The van der Waals surface area contributed by atoms with Gasteiger partial charge in [0.05, 0.1) is 0 Å². The van der Waals surface area contributed by atoms with Gasteiger partial charge in [0.15, 0.2) is 0 Å². The molecule has 6 aromatic rings. The van der Waals surface area contributed by atoms with E-state index in [1.165, 1.54) is 0 Å². The third kappa shape index (κ3) is 6.92. The molecular formula is C33H22IrN3-3. The molecule has 1 radical (unpaired) electrons. The minimum atomic E-state index is 0. The monoisotopic (exact) mass is 653 g/mol. The topological polar surface area (TPSA) is 38.7 Å². The standard InChI is InChI=1S/C22H14N2.C11H8N.Ir/c1-2-8-17(9-3-1)21-13-7-14-22(24-21)19-11-6-10-18(16-19)20-12-4-5-15-23-20;1-2-6-10(7-3-1)11-8-4-5-9-12-11;/h1-8,10-15H;1-6,8-9H;/q-2;-1;. The quantitative estimate of drug-likeness (QED) is 0.184. The maximum Gasteiger partial charge on any atom is 0.0183 e. The summed E-state index contributed by atoms with van der Waals surface area (Å²) in [6, 6.07) is 49.3. The van der Waals surface area contributed by atoms with Gasteiger partial charge >= 0.3 is 0 Å². The summed E-state index contributed by atoms with van der Waals surface area (Å²) in [6.45, 7) is 0. The molecule has 0 atom stereocenters. The Morgan fingerprint density at radius 2 is 0.838 bits per heavy atom. The van der Waals surface area contributed by atoms with Gasteiger partial charge in [0, 0.05) is 38.2 Å². The first-order valence-electron chi connectivity index (χ1n) is 11.6. The Balaban J connectivity index is 0.000000208. The zero-order chi connectivity index (χ0) is 24.4. The van der Waals surface area contributed by atoms with Crippen molar-refractivity contribution in [3.63, 3.8) is 0 Å². The summed E-state index contributed by atoms with van der Waals surface area (Å²) in [6.07, 6.45) is 3.58. The molecule has 3 nitrogen and oxygen atoms in total. The van der Waals surface area contributed by atoms with Gasteiger partial charge in [0.1, 0.15) is 0 Å². The van der Waals surface area contributed by atoms with Gasteiger partial charge in [-0.05, 0) is 29.2 Å². The minimum absolute atomic E-state index is 0. The predicted octanol–water partition coefficient (Wildman–Crippen LogP) is 7.62. The number of hydrogen-bond acceptors (Lipinski definition) is 3. The smallest absolute Gasteiger partial charge is 0.0183 e. The van der Waals surface area contributed by atoms with Crippen LogP contribution in [-0.4, -0.2) is 15.0 Å². The first-order chi connectivity index (χ1) is 17.9. The summed E-state index contributed by atoms with van der Waals surface area (Å²) in [7, 11) is 0. The van der Waals surface area contributed by atoms with Crippen LogP contribution in [-0.2, 0) is 20.1 Å². The fraction of sp³-hybridized carbons (Fsp3) is 0. The Kier molecular flexibility index (Phi) is 9.20. The van der Waals surface area contributed by atoms with Crippen LogP contribution in [0.2, 0.25) is 0 Å². The van der Waals surface area contributed by atoms with Crippen molar-refractivity contribution in [2.24, 2.45) is 0 Å². The van der Waals surface area contributed by atoms with E-state index in [0.29, 0.717) is 0 Å². The molecule has 0 saturated carbocycles. The third-order valence-electron chi connectivity index (χ3n) is 5.40. The SMILES string of the molecule is [Ir].[c-]1ccccc1-c1cccc(-c2[c-]c(-c3ccccn3)ccc2)n1.[c-]1ccccc1-c1ccccn1. The van der Waals surface area contributed by atoms with Gasteiger partial charge in [0.25, 0.3) is 0 Å². The second kappa shape index (κ2) is 13.2. The van der Waals surface area contributed by atoms with Crippen LogP contribution in [0, 0.1) is 18.2 Å². The van der Waals surface area contributed by atoms with Crippen LogP contribution >= 0.6 is 0 Å². The van der Waals surface area contributed by atoms with E-state index in [1.54, 1.807) is 12.4 Å². The average Bonchev–Trinajstić information content (AvgIpc) is 2.99. The van der Waals surface area contributed by atoms with E-state index in [0.717, 1.165) is 45.0 Å². The summed E-state index contributed by atoms with van der Waals surface area (Å²) >= 11 is 0. The van der Waals surface area contributed by atoms with Crippen LogP contribution < -0.4 is 0 Å². The number of hydrogen-bond donors (Lipinski definition) is 0. The minimum Gasteiger partial charge on any atom is -0.335 e. The summed E-state index contributed by atoms with van der Waals surface area (Å²) in [5.74, 6) is 0. The first-order valence-corrected chi connectivity index (χ1v) is 11.6. The molecule has 3 aromatic carbocycles. The van der Waals surface area contributed by atoms with Crippen LogP contribution in [0.1, 0.15) is 0 Å². The van der Waals surface area contributed by atoms with Crippen molar-refractivity contribution in [3.05, 3.63) is 152 Å². The second-order valence-electron chi connectivity index (χ2n) is 7.87. The summed E-state index contributed by atoms with van der Waals surface area (Å²) < 4.78 is 0. The largest absolute Gasteiger partial charge is 0.335 e. The van der Waals surface area contributed by atoms with Crippen LogP contribution in [0.3, 0.4) is 0 Å². The number of nitrogens with zero attached hydrogens (tertiary/aromatic N) is 3. The molecule has 37 heavy (non-hydrogen) atoms. The van der Waals surface area contributed by atoms with E-state index in [4.69, 9.17) is 4.98 Å². The predicted molar refractivity (Wildman–Crippen MR) is 145 cm³/mol. The zero-order valence-corrected chi connectivity index (χ0v) is 22.3. The molecule has 0 bridgehead atoms. The Morgan fingerprint density at radius 1 is 0.405 bits per heavy atom. The maximum absolute atomic E-state index is 4.77. The Labute approximate surface area is 231 Å². The van der Waals surface area contributed by atoms with Crippen molar-refractivity contribution in [1.29, 1.82) is 0 Å². The maximum atomic E-state index is 4.77. The van der Waals surface area contributed by atoms with Gasteiger partial charge in [0.2, 0.25) is 0 Å². The van der Waals surface area contributed by atoms with Crippen molar-refractivity contribution < 1.29 is 20.1 Å². The van der Waals surface area contributed by atoms with Gasteiger partial charge in [-0.3, -0.25) is 4.98 Å². The fourth-order valence-corrected chi connectivity index (χ4v) is 3.65. The molecule has 0 aliphatic carbocycles.